The van der Waals surface area contributed by atoms with Gasteiger partial charge in [0.15, 0.2) is 0 Å². The van der Waals surface area contributed by atoms with Crippen molar-refractivity contribution in [2.45, 2.75) is 38.3 Å². The van der Waals surface area contributed by atoms with Crippen LogP contribution in [0, 0.1) is 0 Å². The Hall–Kier alpha value is -0.620. The number of carboxylic acids is 1. The van der Waals surface area contributed by atoms with E-state index >= 15 is 0 Å². The van der Waals surface area contributed by atoms with Gasteiger partial charge in [0.1, 0.15) is 15.9 Å². The van der Waals surface area contributed by atoms with Gasteiger partial charge in [-0.1, -0.05) is 0 Å². The summed E-state index contributed by atoms with van der Waals surface area (Å²) in [4.78, 5) is 10.6. The number of carbonyl (C=O) groups is 1. The molecule has 88 valence electrons. The summed E-state index contributed by atoms with van der Waals surface area (Å²) in [7, 11) is -2.90. The van der Waals surface area contributed by atoms with Crippen molar-refractivity contribution >= 4 is 15.8 Å². The summed E-state index contributed by atoms with van der Waals surface area (Å²) in [5.41, 5.74) is 0. The van der Waals surface area contributed by atoms with Crippen LogP contribution in [-0.4, -0.2) is 43.1 Å². The van der Waals surface area contributed by atoms with Crippen LogP contribution in [-0.2, 0) is 14.6 Å². The number of aliphatic carboxylic acids is 1. The van der Waals surface area contributed by atoms with Crippen molar-refractivity contribution in [1.29, 1.82) is 0 Å². The molecule has 2 N–H and O–H groups in total. The molecular formula is C9H17NO4S. The average molecular weight is 235 g/mol. The van der Waals surface area contributed by atoms with E-state index in [0.717, 1.165) is 6.42 Å². The minimum absolute atomic E-state index is 0.00775. The standard InChI is InChI=1S/C9H17NO4S/c1-7(9(11)12)10-8-3-2-5-15(13,14)6-4-8/h7-8,10H,2-6H2,1H3,(H,11,12). The Morgan fingerprint density at radius 3 is 2.67 bits per heavy atom. The van der Waals surface area contributed by atoms with E-state index in [0.29, 0.717) is 12.8 Å². The zero-order valence-corrected chi connectivity index (χ0v) is 9.59. The molecule has 1 heterocycles. The van der Waals surface area contributed by atoms with Gasteiger partial charge in [0.2, 0.25) is 0 Å². The average Bonchev–Trinajstić information content (AvgIpc) is 2.28. The Balaban J connectivity index is 2.48. The molecule has 0 saturated carbocycles. The first-order valence-corrected chi connectivity index (χ1v) is 6.92. The van der Waals surface area contributed by atoms with Crippen LogP contribution < -0.4 is 5.32 Å². The van der Waals surface area contributed by atoms with Gasteiger partial charge in [0.05, 0.1) is 11.5 Å². The molecule has 0 amide bonds. The minimum Gasteiger partial charge on any atom is -0.480 e. The number of hydrogen-bond donors (Lipinski definition) is 2. The third-order valence-corrected chi connectivity index (χ3v) is 4.41. The van der Waals surface area contributed by atoms with Crippen molar-refractivity contribution in [2.75, 3.05) is 11.5 Å². The minimum atomic E-state index is -2.90. The molecule has 0 aromatic heterocycles. The molecule has 0 spiro atoms. The third kappa shape index (κ3) is 4.17. The largest absolute Gasteiger partial charge is 0.480 e. The molecule has 5 nitrogen and oxygen atoms in total. The molecular weight excluding hydrogens is 218 g/mol. The first-order valence-electron chi connectivity index (χ1n) is 5.10. The summed E-state index contributed by atoms with van der Waals surface area (Å²) in [6, 6.07) is -0.607. The lowest BCUT2D eigenvalue weighted by molar-refractivity contribution is -0.139. The van der Waals surface area contributed by atoms with E-state index < -0.39 is 21.8 Å². The van der Waals surface area contributed by atoms with Gasteiger partial charge in [-0.15, -0.1) is 0 Å². The fraction of sp³-hybridized carbons (Fsp3) is 0.889. The highest BCUT2D eigenvalue weighted by atomic mass is 32.2. The van der Waals surface area contributed by atoms with Crippen LogP contribution in [0.4, 0.5) is 0 Å². The first kappa shape index (κ1) is 12.4. The van der Waals surface area contributed by atoms with Crippen LogP contribution in [0.3, 0.4) is 0 Å². The highest BCUT2D eigenvalue weighted by Crippen LogP contribution is 2.13. The van der Waals surface area contributed by atoms with Crippen molar-refractivity contribution in [2.24, 2.45) is 0 Å². The van der Waals surface area contributed by atoms with E-state index in [1.165, 1.54) is 0 Å². The highest BCUT2D eigenvalue weighted by molar-refractivity contribution is 7.91. The molecule has 0 aromatic carbocycles. The summed E-state index contributed by atoms with van der Waals surface area (Å²) in [5, 5.41) is 11.6. The van der Waals surface area contributed by atoms with Gasteiger partial charge in [-0.3, -0.25) is 4.79 Å². The molecule has 1 saturated heterocycles. The number of sulfone groups is 1. The van der Waals surface area contributed by atoms with Gasteiger partial charge in [-0.05, 0) is 26.2 Å². The molecule has 15 heavy (non-hydrogen) atoms. The number of rotatable bonds is 3. The predicted molar refractivity (Wildman–Crippen MR) is 56.5 cm³/mol. The lowest BCUT2D eigenvalue weighted by atomic mass is 10.1. The van der Waals surface area contributed by atoms with Crippen molar-refractivity contribution in [3.63, 3.8) is 0 Å². The van der Waals surface area contributed by atoms with Crippen LogP contribution in [0.1, 0.15) is 26.2 Å². The molecule has 1 fully saturated rings. The predicted octanol–water partition coefficient (Wildman–Crippen LogP) is 0.0164. The van der Waals surface area contributed by atoms with E-state index in [1.807, 2.05) is 0 Å². The highest BCUT2D eigenvalue weighted by Gasteiger charge is 2.23. The van der Waals surface area contributed by atoms with E-state index in [9.17, 15) is 13.2 Å². The van der Waals surface area contributed by atoms with Gasteiger partial charge in [-0.2, -0.15) is 0 Å². The Morgan fingerprint density at radius 1 is 1.40 bits per heavy atom. The Kier molecular flexibility index (Phi) is 4.10. The Morgan fingerprint density at radius 2 is 2.07 bits per heavy atom. The van der Waals surface area contributed by atoms with Crippen LogP contribution in [0.2, 0.25) is 0 Å². The molecule has 1 rings (SSSR count). The normalized spacial score (nSPS) is 27.9. The first-order chi connectivity index (χ1) is 6.91. The quantitative estimate of drug-likeness (QED) is 0.720. The summed E-state index contributed by atoms with van der Waals surface area (Å²) in [6.07, 6.45) is 1.86. The number of carboxylic acid groups (broad SMARTS) is 1. The van der Waals surface area contributed by atoms with E-state index in [-0.39, 0.29) is 17.5 Å². The second-order valence-electron chi connectivity index (χ2n) is 4.01. The Labute approximate surface area is 89.8 Å². The molecule has 0 aromatic rings. The van der Waals surface area contributed by atoms with Crippen LogP contribution in [0.5, 0.6) is 0 Å². The zero-order chi connectivity index (χ0) is 11.5. The fourth-order valence-corrected chi connectivity index (χ4v) is 3.16. The lowest BCUT2D eigenvalue weighted by Crippen LogP contribution is -2.41. The summed E-state index contributed by atoms with van der Waals surface area (Å²) in [6.45, 7) is 1.57. The second-order valence-corrected chi connectivity index (χ2v) is 6.31. The second kappa shape index (κ2) is 4.94. The van der Waals surface area contributed by atoms with Crippen molar-refractivity contribution in [3.05, 3.63) is 0 Å². The maximum absolute atomic E-state index is 11.3. The lowest BCUT2D eigenvalue weighted by Gasteiger charge is -2.18. The molecule has 1 aliphatic heterocycles. The number of hydrogen-bond acceptors (Lipinski definition) is 4. The van der Waals surface area contributed by atoms with Gasteiger partial charge in [0.25, 0.3) is 0 Å². The summed E-state index contributed by atoms with van der Waals surface area (Å²) < 4.78 is 22.6. The maximum atomic E-state index is 11.3. The van der Waals surface area contributed by atoms with Crippen molar-refractivity contribution < 1.29 is 18.3 Å². The van der Waals surface area contributed by atoms with Crippen LogP contribution in [0.15, 0.2) is 0 Å². The van der Waals surface area contributed by atoms with Gasteiger partial charge < -0.3 is 10.4 Å². The molecule has 0 bridgehead atoms. The van der Waals surface area contributed by atoms with E-state index in [2.05, 4.69) is 5.32 Å². The summed E-state index contributed by atoms with van der Waals surface area (Å²) in [5.74, 6) is -0.508. The smallest absolute Gasteiger partial charge is 0.320 e. The number of nitrogens with one attached hydrogen (secondary N) is 1. The van der Waals surface area contributed by atoms with Gasteiger partial charge in [0, 0.05) is 6.04 Å². The van der Waals surface area contributed by atoms with Crippen molar-refractivity contribution in [1.82, 2.24) is 5.32 Å². The SMILES string of the molecule is CC(NC1CCCS(=O)(=O)CC1)C(=O)O. The van der Waals surface area contributed by atoms with E-state index in [1.54, 1.807) is 6.92 Å². The van der Waals surface area contributed by atoms with Crippen molar-refractivity contribution in [3.8, 4) is 0 Å². The summed E-state index contributed by atoms with van der Waals surface area (Å²) >= 11 is 0. The molecule has 6 heteroatoms. The van der Waals surface area contributed by atoms with Crippen LogP contribution >= 0.6 is 0 Å². The fourth-order valence-electron chi connectivity index (χ4n) is 1.71. The topological polar surface area (TPSA) is 83.5 Å². The molecule has 2 unspecified atom stereocenters. The zero-order valence-electron chi connectivity index (χ0n) is 8.77. The van der Waals surface area contributed by atoms with Gasteiger partial charge in [-0.25, -0.2) is 8.42 Å². The Bertz CT molecular complexity index is 325. The van der Waals surface area contributed by atoms with Gasteiger partial charge >= 0.3 is 5.97 Å². The monoisotopic (exact) mass is 235 g/mol. The van der Waals surface area contributed by atoms with E-state index in [4.69, 9.17) is 5.11 Å². The molecule has 0 aliphatic carbocycles. The molecule has 1 aliphatic rings. The third-order valence-electron chi connectivity index (χ3n) is 2.64. The van der Waals surface area contributed by atoms with Crippen LogP contribution in [0.25, 0.3) is 0 Å². The molecule has 0 radical (unpaired) electrons. The maximum Gasteiger partial charge on any atom is 0.320 e. The molecule has 2 atom stereocenters.